The van der Waals surface area contributed by atoms with Gasteiger partial charge < -0.3 is 10.0 Å². The Balaban J connectivity index is 2.01. The Morgan fingerprint density at radius 1 is 1.28 bits per heavy atom. The van der Waals surface area contributed by atoms with E-state index in [1.165, 1.54) is 13.0 Å². The number of aromatic nitrogens is 1. The molecule has 2 heterocycles. The van der Waals surface area contributed by atoms with Gasteiger partial charge in [-0.3, -0.25) is 4.90 Å². The largest absolute Gasteiger partial charge is 0.390 e. The topological polar surface area (TPSA) is 39.6 Å². The summed E-state index contributed by atoms with van der Waals surface area (Å²) in [5.41, 5.74) is 0.560. The Morgan fingerprint density at radius 2 is 2.00 bits per heavy atom. The van der Waals surface area contributed by atoms with Crippen LogP contribution in [0.1, 0.15) is 19.0 Å². The number of aliphatic hydroxyl groups is 1. The first-order valence-corrected chi connectivity index (χ1v) is 6.86. The molecular formula is C13H20ClN3O. The average molecular weight is 270 g/mol. The van der Waals surface area contributed by atoms with Crippen molar-refractivity contribution in [3.63, 3.8) is 0 Å². The number of anilines is 1. The molecule has 0 aromatic carbocycles. The standard InChI is InChI=1S/C13H20ClN3O/c1-2-5-16-6-8-17(9-7-16)13-4-3-11(14)12(10-18)15-13/h3-4,18H,2,5-10H2,1H3. The fourth-order valence-electron chi connectivity index (χ4n) is 2.28. The van der Waals surface area contributed by atoms with Crippen LogP contribution in [0.15, 0.2) is 12.1 Å². The molecule has 18 heavy (non-hydrogen) atoms. The van der Waals surface area contributed by atoms with E-state index < -0.39 is 0 Å². The summed E-state index contributed by atoms with van der Waals surface area (Å²) in [5.74, 6) is 0.916. The molecule has 1 saturated heterocycles. The summed E-state index contributed by atoms with van der Waals surface area (Å²) < 4.78 is 0. The minimum Gasteiger partial charge on any atom is -0.390 e. The molecule has 5 heteroatoms. The number of piperazine rings is 1. The van der Waals surface area contributed by atoms with Crippen LogP contribution in [0.4, 0.5) is 5.82 Å². The van der Waals surface area contributed by atoms with Gasteiger partial charge in [-0.2, -0.15) is 0 Å². The quantitative estimate of drug-likeness (QED) is 0.904. The molecule has 1 aliphatic rings. The molecule has 1 aromatic heterocycles. The SMILES string of the molecule is CCCN1CCN(c2ccc(Cl)c(CO)n2)CC1. The highest BCUT2D eigenvalue weighted by molar-refractivity contribution is 6.31. The Morgan fingerprint density at radius 3 is 2.61 bits per heavy atom. The Kier molecular flexibility index (Phi) is 4.80. The van der Waals surface area contributed by atoms with Crippen LogP contribution in [-0.4, -0.2) is 47.7 Å². The van der Waals surface area contributed by atoms with E-state index in [-0.39, 0.29) is 6.61 Å². The molecular weight excluding hydrogens is 250 g/mol. The molecule has 2 rings (SSSR count). The van der Waals surface area contributed by atoms with Crippen LogP contribution in [0.3, 0.4) is 0 Å². The van der Waals surface area contributed by atoms with E-state index >= 15 is 0 Å². The predicted octanol–water partition coefficient (Wildman–Crippen LogP) is 1.76. The normalized spacial score (nSPS) is 17.2. The third kappa shape index (κ3) is 3.13. The highest BCUT2D eigenvalue weighted by Gasteiger charge is 2.17. The number of hydrogen-bond donors (Lipinski definition) is 1. The second kappa shape index (κ2) is 6.36. The van der Waals surface area contributed by atoms with Gasteiger partial charge in [0.1, 0.15) is 5.82 Å². The zero-order valence-electron chi connectivity index (χ0n) is 10.8. The maximum absolute atomic E-state index is 9.18. The van der Waals surface area contributed by atoms with Crippen LogP contribution in [0, 0.1) is 0 Å². The Bertz CT molecular complexity index is 392. The number of nitrogens with zero attached hydrogens (tertiary/aromatic N) is 3. The van der Waals surface area contributed by atoms with Crippen molar-refractivity contribution in [2.75, 3.05) is 37.6 Å². The lowest BCUT2D eigenvalue weighted by Gasteiger charge is -2.35. The van der Waals surface area contributed by atoms with Crippen molar-refractivity contribution in [3.8, 4) is 0 Å². The summed E-state index contributed by atoms with van der Waals surface area (Å²) in [4.78, 5) is 9.13. The summed E-state index contributed by atoms with van der Waals surface area (Å²) in [7, 11) is 0. The van der Waals surface area contributed by atoms with Gasteiger partial charge in [0.25, 0.3) is 0 Å². The first kappa shape index (κ1) is 13.6. The minimum absolute atomic E-state index is 0.109. The average Bonchev–Trinajstić information content (AvgIpc) is 2.41. The molecule has 1 aromatic rings. The zero-order valence-corrected chi connectivity index (χ0v) is 11.5. The lowest BCUT2D eigenvalue weighted by molar-refractivity contribution is 0.257. The minimum atomic E-state index is -0.109. The number of pyridine rings is 1. The van der Waals surface area contributed by atoms with E-state index in [1.807, 2.05) is 12.1 Å². The fraction of sp³-hybridized carbons (Fsp3) is 0.615. The van der Waals surface area contributed by atoms with E-state index in [1.54, 1.807) is 0 Å². The number of rotatable bonds is 4. The lowest BCUT2D eigenvalue weighted by Crippen LogP contribution is -2.46. The second-order valence-electron chi connectivity index (χ2n) is 4.58. The van der Waals surface area contributed by atoms with Crippen molar-refractivity contribution >= 4 is 17.4 Å². The molecule has 0 amide bonds. The maximum Gasteiger partial charge on any atom is 0.129 e. The molecule has 0 aliphatic carbocycles. The highest BCUT2D eigenvalue weighted by Crippen LogP contribution is 2.20. The number of aliphatic hydroxyl groups excluding tert-OH is 1. The highest BCUT2D eigenvalue weighted by atomic mass is 35.5. The smallest absolute Gasteiger partial charge is 0.129 e. The Labute approximate surface area is 113 Å². The van der Waals surface area contributed by atoms with Crippen LogP contribution < -0.4 is 4.90 Å². The third-order valence-corrected chi connectivity index (χ3v) is 3.63. The first-order chi connectivity index (χ1) is 8.74. The van der Waals surface area contributed by atoms with Crippen molar-refractivity contribution in [2.24, 2.45) is 0 Å². The summed E-state index contributed by atoms with van der Waals surface area (Å²) in [5, 5.41) is 9.71. The van der Waals surface area contributed by atoms with Crippen LogP contribution in [0.25, 0.3) is 0 Å². The van der Waals surface area contributed by atoms with Gasteiger partial charge in [-0.15, -0.1) is 0 Å². The van der Waals surface area contributed by atoms with Crippen molar-refractivity contribution in [1.82, 2.24) is 9.88 Å². The molecule has 1 N–H and O–H groups in total. The van der Waals surface area contributed by atoms with Crippen molar-refractivity contribution in [1.29, 1.82) is 0 Å². The number of hydrogen-bond acceptors (Lipinski definition) is 4. The van der Waals surface area contributed by atoms with Gasteiger partial charge in [-0.1, -0.05) is 18.5 Å². The van der Waals surface area contributed by atoms with Gasteiger partial charge >= 0.3 is 0 Å². The first-order valence-electron chi connectivity index (χ1n) is 6.48. The molecule has 1 aliphatic heterocycles. The molecule has 100 valence electrons. The van der Waals surface area contributed by atoms with Gasteiger partial charge in [0, 0.05) is 26.2 Å². The molecule has 1 fully saturated rings. The maximum atomic E-state index is 9.18. The summed E-state index contributed by atoms with van der Waals surface area (Å²) in [6, 6.07) is 3.74. The van der Waals surface area contributed by atoms with Crippen LogP contribution in [0.5, 0.6) is 0 Å². The van der Waals surface area contributed by atoms with E-state index in [0.717, 1.165) is 32.0 Å². The summed E-state index contributed by atoms with van der Waals surface area (Å²) >= 11 is 5.95. The molecule has 4 nitrogen and oxygen atoms in total. The van der Waals surface area contributed by atoms with E-state index in [2.05, 4.69) is 21.7 Å². The van der Waals surface area contributed by atoms with Gasteiger partial charge in [-0.05, 0) is 25.1 Å². The molecule has 0 spiro atoms. The monoisotopic (exact) mass is 269 g/mol. The predicted molar refractivity (Wildman–Crippen MR) is 74.1 cm³/mol. The zero-order chi connectivity index (χ0) is 13.0. The lowest BCUT2D eigenvalue weighted by atomic mass is 10.2. The second-order valence-corrected chi connectivity index (χ2v) is 4.99. The van der Waals surface area contributed by atoms with Crippen molar-refractivity contribution in [3.05, 3.63) is 22.8 Å². The van der Waals surface area contributed by atoms with E-state index in [4.69, 9.17) is 11.6 Å². The molecule has 0 radical (unpaired) electrons. The van der Waals surface area contributed by atoms with Gasteiger partial charge in [-0.25, -0.2) is 4.98 Å². The van der Waals surface area contributed by atoms with Gasteiger partial charge in [0.2, 0.25) is 0 Å². The van der Waals surface area contributed by atoms with Crippen molar-refractivity contribution < 1.29 is 5.11 Å². The summed E-state index contributed by atoms with van der Waals surface area (Å²) in [6.07, 6.45) is 1.20. The Hall–Kier alpha value is -0.840. The molecule has 0 bridgehead atoms. The van der Waals surface area contributed by atoms with Crippen LogP contribution in [0.2, 0.25) is 5.02 Å². The molecule has 0 saturated carbocycles. The van der Waals surface area contributed by atoms with Crippen LogP contribution >= 0.6 is 11.6 Å². The third-order valence-electron chi connectivity index (χ3n) is 3.29. The molecule has 0 atom stereocenters. The fourth-order valence-corrected chi connectivity index (χ4v) is 2.44. The van der Waals surface area contributed by atoms with Gasteiger partial charge in [0.15, 0.2) is 0 Å². The van der Waals surface area contributed by atoms with Crippen LogP contribution in [-0.2, 0) is 6.61 Å². The summed E-state index contributed by atoms with van der Waals surface area (Å²) in [6.45, 7) is 7.39. The number of halogens is 1. The molecule has 0 unspecified atom stereocenters. The van der Waals surface area contributed by atoms with Crippen molar-refractivity contribution in [2.45, 2.75) is 20.0 Å². The van der Waals surface area contributed by atoms with E-state index in [9.17, 15) is 5.11 Å². The van der Waals surface area contributed by atoms with Gasteiger partial charge in [0.05, 0.1) is 17.3 Å². The van der Waals surface area contributed by atoms with E-state index in [0.29, 0.717) is 10.7 Å².